The first kappa shape index (κ1) is 14.0. The lowest BCUT2D eigenvalue weighted by Crippen LogP contribution is -2.35. The average Bonchev–Trinajstić information content (AvgIpc) is 2.92. The Morgan fingerprint density at radius 3 is 2.79 bits per heavy atom. The Kier molecular flexibility index (Phi) is 4.50. The zero-order valence-corrected chi connectivity index (χ0v) is 11.3. The molecule has 0 amide bonds. The van der Waals surface area contributed by atoms with E-state index in [1.54, 1.807) is 12.1 Å². The molecular weight excluding hydrogens is 244 g/mol. The number of nitrogens with one attached hydrogen (secondary N) is 1. The highest BCUT2D eigenvalue weighted by Crippen LogP contribution is 2.26. The lowest BCUT2D eigenvalue weighted by molar-refractivity contribution is -0.385. The Morgan fingerprint density at radius 2 is 2.16 bits per heavy atom. The zero-order valence-electron chi connectivity index (χ0n) is 11.3. The SMILES string of the molecule is CC(NC(C)C1CCOC1)c1ccccc1[N+](=O)[O-]. The molecule has 0 spiro atoms. The van der Waals surface area contributed by atoms with Crippen LogP contribution in [0.1, 0.15) is 31.9 Å². The molecule has 0 aromatic heterocycles. The number of ether oxygens (including phenoxy) is 1. The van der Waals surface area contributed by atoms with Gasteiger partial charge in [-0.25, -0.2) is 0 Å². The summed E-state index contributed by atoms with van der Waals surface area (Å²) < 4.78 is 5.38. The van der Waals surface area contributed by atoms with Gasteiger partial charge in [-0.1, -0.05) is 18.2 Å². The van der Waals surface area contributed by atoms with Crippen molar-refractivity contribution in [3.63, 3.8) is 0 Å². The second kappa shape index (κ2) is 6.12. The number of nitro groups is 1. The summed E-state index contributed by atoms with van der Waals surface area (Å²) in [6.07, 6.45) is 1.05. The van der Waals surface area contributed by atoms with Crippen LogP contribution in [0.5, 0.6) is 0 Å². The summed E-state index contributed by atoms with van der Waals surface area (Å²) >= 11 is 0. The van der Waals surface area contributed by atoms with E-state index >= 15 is 0 Å². The van der Waals surface area contributed by atoms with Gasteiger partial charge in [-0.2, -0.15) is 0 Å². The lowest BCUT2D eigenvalue weighted by atomic mass is 9.98. The number of hydrogen-bond acceptors (Lipinski definition) is 4. The largest absolute Gasteiger partial charge is 0.381 e. The summed E-state index contributed by atoms with van der Waals surface area (Å²) in [7, 11) is 0. The molecule has 5 nitrogen and oxygen atoms in total. The molecule has 0 saturated carbocycles. The quantitative estimate of drug-likeness (QED) is 0.656. The van der Waals surface area contributed by atoms with Crippen LogP contribution < -0.4 is 5.32 Å². The Morgan fingerprint density at radius 1 is 1.42 bits per heavy atom. The molecular formula is C14H20N2O3. The van der Waals surface area contributed by atoms with Gasteiger partial charge in [0.05, 0.1) is 11.5 Å². The second-order valence-corrected chi connectivity index (χ2v) is 5.12. The summed E-state index contributed by atoms with van der Waals surface area (Å²) in [5.41, 5.74) is 0.913. The summed E-state index contributed by atoms with van der Waals surface area (Å²) in [6, 6.07) is 7.14. The molecule has 3 atom stereocenters. The molecule has 1 heterocycles. The van der Waals surface area contributed by atoms with Crippen molar-refractivity contribution in [1.29, 1.82) is 0 Å². The van der Waals surface area contributed by atoms with E-state index in [4.69, 9.17) is 4.74 Å². The smallest absolute Gasteiger partial charge is 0.274 e. The Bertz CT molecular complexity index is 444. The van der Waals surface area contributed by atoms with Crippen LogP contribution in [0.15, 0.2) is 24.3 Å². The van der Waals surface area contributed by atoms with Crippen molar-refractivity contribution in [3.05, 3.63) is 39.9 Å². The molecule has 5 heteroatoms. The average molecular weight is 264 g/mol. The van der Waals surface area contributed by atoms with Gasteiger partial charge in [0.15, 0.2) is 0 Å². The number of rotatable bonds is 5. The number of hydrogen-bond donors (Lipinski definition) is 1. The third-order valence-corrected chi connectivity index (χ3v) is 3.78. The first-order chi connectivity index (χ1) is 9.09. The van der Waals surface area contributed by atoms with Crippen LogP contribution >= 0.6 is 0 Å². The van der Waals surface area contributed by atoms with E-state index in [1.165, 1.54) is 0 Å². The molecule has 1 aliphatic rings. The normalized spacial score (nSPS) is 22.1. The van der Waals surface area contributed by atoms with Gasteiger partial charge in [-0.15, -0.1) is 0 Å². The van der Waals surface area contributed by atoms with Crippen molar-refractivity contribution < 1.29 is 9.66 Å². The maximum absolute atomic E-state index is 11.0. The summed E-state index contributed by atoms with van der Waals surface area (Å²) in [6.45, 7) is 5.67. The predicted octanol–water partition coefficient (Wildman–Crippen LogP) is 2.67. The Balaban J connectivity index is 2.06. The highest BCUT2D eigenvalue weighted by Gasteiger charge is 2.25. The van der Waals surface area contributed by atoms with E-state index in [0.29, 0.717) is 5.92 Å². The van der Waals surface area contributed by atoms with Crippen molar-refractivity contribution in [2.75, 3.05) is 13.2 Å². The fourth-order valence-corrected chi connectivity index (χ4v) is 2.59. The standard InChI is InChI=1S/C14H20N2O3/c1-10(12-7-8-19-9-12)15-11(2)13-5-3-4-6-14(13)16(17)18/h3-6,10-12,15H,7-9H2,1-2H3. The number of nitro benzene ring substituents is 1. The first-order valence-electron chi connectivity index (χ1n) is 6.66. The van der Waals surface area contributed by atoms with Crippen LogP contribution in [-0.4, -0.2) is 24.2 Å². The number of nitrogens with zero attached hydrogens (tertiary/aromatic N) is 1. The molecule has 2 rings (SSSR count). The van der Waals surface area contributed by atoms with Crippen molar-refractivity contribution in [1.82, 2.24) is 5.32 Å². The van der Waals surface area contributed by atoms with Gasteiger partial charge in [-0.05, 0) is 26.2 Å². The fourth-order valence-electron chi connectivity index (χ4n) is 2.59. The highest BCUT2D eigenvalue weighted by molar-refractivity contribution is 5.41. The van der Waals surface area contributed by atoms with E-state index in [9.17, 15) is 10.1 Å². The van der Waals surface area contributed by atoms with Crippen LogP contribution in [0.4, 0.5) is 5.69 Å². The minimum atomic E-state index is -0.323. The third-order valence-electron chi connectivity index (χ3n) is 3.78. The molecule has 1 aromatic rings. The number of benzene rings is 1. The lowest BCUT2D eigenvalue weighted by Gasteiger charge is -2.24. The summed E-state index contributed by atoms with van der Waals surface area (Å²) in [5.74, 6) is 0.491. The van der Waals surface area contributed by atoms with E-state index in [-0.39, 0.29) is 22.7 Å². The van der Waals surface area contributed by atoms with Gasteiger partial charge < -0.3 is 10.1 Å². The molecule has 3 unspecified atom stereocenters. The molecule has 1 saturated heterocycles. The summed E-state index contributed by atoms with van der Waals surface area (Å²) in [5, 5.41) is 14.5. The van der Waals surface area contributed by atoms with Gasteiger partial charge >= 0.3 is 0 Å². The molecule has 1 N–H and O–H groups in total. The minimum absolute atomic E-state index is 0.0443. The molecule has 0 aliphatic carbocycles. The van der Waals surface area contributed by atoms with Crippen LogP contribution in [0.25, 0.3) is 0 Å². The second-order valence-electron chi connectivity index (χ2n) is 5.12. The molecule has 1 aromatic carbocycles. The summed E-state index contributed by atoms with van der Waals surface area (Å²) in [4.78, 5) is 10.7. The minimum Gasteiger partial charge on any atom is -0.381 e. The van der Waals surface area contributed by atoms with Crippen LogP contribution in [0, 0.1) is 16.0 Å². The van der Waals surface area contributed by atoms with Crippen LogP contribution in [0.2, 0.25) is 0 Å². The van der Waals surface area contributed by atoms with E-state index in [2.05, 4.69) is 12.2 Å². The molecule has 104 valence electrons. The number of para-hydroxylation sites is 1. The fraction of sp³-hybridized carbons (Fsp3) is 0.571. The van der Waals surface area contributed by atoms with E-state index in [1.807, 2.05) is 19.1 Å². The predicted molar refractivity (Wildman–Crippen MR) is 73.0 cm³/mol. The van der Waals surface area contributed by atoms with Crippen LogP contribution in [0.3, 0.4) is 0 Å². The van der Waals surface area contributed by atoms with Gasteiger partial charge in [0.25, 0.3) is 5.69 Å². The molecule has 1 aliphatic heterocycles. The molecule has 1 fully saturated rings. The van der Waals surface area contributed by atoms with Crippen molar-refractivity contribution in [2.45, 2.75) is 32.4 Å². The molecule has 19 heavy (non-hydrogen) atoms. The van der Waals surface area contributed by atoms with Gasteiger partial charge in [0.1, 0.15) is 0 Å². The molecule has 0 radical (unpaired) electrons. The highest BCUT2D eigenvalue weighted by atomic mass is 16.6. The van der Waals surface area contributed by atoms with E-state index in [0.717, 1.165) is 25.2 Å². The van der Waals surface area contributed by atoms with Gasteiger partial charge in [0, 0.05) is 30.3 Å². The molecule has 0 bridgehead atoms. The van der Waals surface area contributed by atoms with Gasteiger partial charge in [0.2, 0.25) is 0 Å². The third kappa shape index (κ3) is 3.30. The first-order valence-corrected chi connectivity index (χ1v) is 6.66. The van der Waals surface area contributed by atoms with Crippen molar-refractivity contribution >= 4 is 5.69 Å². The van der Waals surface area contributed by atoms with E-state index < -0.39 is 0 Å². The topological polar surface area (TPSA) is 64.4 Å². The van der Waals surface area contributed by atoms with Crippen LogP contribution in [-0.2, 0) is 4.74 Å². The maximum Gasteiger partial charge on any atom is 0.274 e. The maximum atomic E-state index is 11.0. The Labute approximate surface area is 113 Å². The van der Waals surface area contributed by atoms with Crippen molar-refractivity contribution in [2.24, 2.45) is 5.92 Å². The van der Waals surface area contributed by atoms with Crippen molar-refractivity contribution in [3.8, 4) is 0 Å². The monoisotopic (exact) mass is 264 g/mol. The van der Waals surface area contributed by atoms with Gasteiger partial charge in [-0.3, -0.25) is 10.1 Å². The zero-order chi connectivity index (χ0) is 13.8. The Hall–Kier alpha value is -1.46.